The minimum Gasteiger partial charge on any atom is -0.480 e. The van der Waals surface area contributed by atoms with Crippen LogP contribution in [0.5, 0.6) is 0 Å². The Hall–Kier alpha value is -3.19. The quantitative estimate of drug-likeness (QED) is 0.618. The van der Waals surface area contributed by atoms with Gasteiger partial charge in [0.2, 0.25) is 5.78 Å². The molecule has 0 aromatic heterocycles. The topological polar surface area (TPSA) is 113 Å². The van der Waals surface area contributed by atoms with Gasteiger partial charge in [0.25, 0.3) is 5.91 Å². The molecule has 7 heteroatoms. The highest BCUT2D eigenvalue weighted by atomic mass is 16.4. The third-order valence-corrected chi connectivity index (χ3v) is 6.73. The third-order valence-electron chi connectivity index (χ3n) is 6.73. The molecule has 4 atom stereocenters. The molecule has 4 N–H and O–H groups in total. The van der Waals surface area contributed by atoms with Crippen molar-refractivity contribution in [3.63, 3.8) is 0 Å². The monoisotopic (exact) mass is 421 g/mol. The molecular formula is C24H27N3O4. The number of likely N-dealkylation sites (N-methyl/N-ethyl adjacent to an activating group) is 1. The molecule has 0 spiro atoms. The van der Waals surface area contributed by atoms with Gasteiger partial charge in [0.05, 0.1) is 0 Å². The van der Waals surface area contributed by atoms with Crippen molar-refractivity contribution in [1.82, 2.24) is 0 Å². The number of benzene rings is 2. The Morgan fingerprint density at radius 3 is 2.48 bits per heavy atom. The van der Waals surface area contributed by atoms with E-state index in [4.69, 9.17) is 5.73 Å². The molecule has 1 fully saturated rings. The largest absolute Gasteiger partial charge is 0.480 e. The molecule has 2 aromatic rings. The number of nitrogens with two attached hydrogens (primary N) is 1. The average Bonchev–Trinajstić information content (AvgIpc) is 3.24. The van der Waals surface area contributed by atoms with Crippen LogP contribution in [0.15, 0.2) is 54.6 Å². The van der Waals surface area contributed by atoms with Crippen LogP contribution in [0.4, 0.5) is 11.4 Å². The van der Waals surface area contributed by atoms with E-state index in [1.807, 2.05) is 30.3 Å². The summed E-state index contributed by atoms with van der Waals surface area (Å²) in [4.78, 5) is 39.5. The molecule has 0 bridgehead atoms. The molecule has 1 aliphatic carbocycles. The second-order valence-electron chi connectivity index (χ2n) is 8.56. The van der Waals surface area contributed by atoms with Crippen molar-refractivity contribution in [2.24, 2.45) is 11.7 Å². The number of ketones is 1. The van der Waals surface area contributed by atoms with Gasteiger partial charge in [-0.2, -0.15) is 0 Å². The number of nitrogens with one attached hydrogen (secondary N) is 1. The van der Waals surface area contributed by atoms with E-state index in [0.717, 1.165) is 30.5 Å². The SMILES string of the molecule is CN(C(=O)C(=O)CC(N)(C(=O)O)C1c2ccccc2N[C@@H]2CCC[C@H]12)c1ccccc1. The summed E-state index contributed by atoms with van der Waals surface area (Å²) in [6.45, 7) is 0. The zero-order chi connectivity index (χ0) is 22.2. The third kappa shape index (κ3) is 3.70. The van der Waals surface area contributed by atoms with Crippen molar-refractivity contribution < 1.29 is 19.5 Å². The van der Waals surface area contributed by atoms with Crippen LogP contribution >= 0.6 is 0 Å². The summed E-state index contributed by atoms with van der Waals surface area (Å²) in [6, 6.07) is 16.4. The summed E-state index contributed by atoms with van der Waals surface area (Å²) in [5.74, 6) is -3.41. The van der Waals surface area contributed by atoms with Crippen LogP contribution in [0.1, 0.15) is 37.2 Å². The predicted molar refractivity (Wildman–Crippen MR) is 118 cm³/mol. The lowest BCUT2D eigenvalue weighted by molar-refractivity contribution is -0.148. The number of carbonyl (C=O) groups excluding carboxylic acids is 2. The summed E-state index contributed by atoms with van der Waals surface area (Å²) in [5, 5.41) is 13.7. The number of rotatable bonds is 6. The maximum Gasteiger partial charge on any atom is 0.324 e. The van der Waals surface area contributed by atoms with Crippen LogP contribution in [0, 0.1) is 5.92 Å². The number of para-hydroxylation sites is 2. The second kappa shape index (κ2) is 8.15. The number of amides is 1. The number of hydrogen-bond donors (Lipinski definition) is 3. The molecule has 2 aromatic carbocycles. The summed E-state index contributed by atoms with van der Waals surface area (Å²) in [5.41, 5.74) is 6.88. The van der Waals surface area contributed by atoms with E-state index in [1.54, 1.807) is 24.3 Å². The highest BCUT2D eigenvalue weighted by Crippen LogP contribution is 2.50. The first kappa shape index (κ1) is 21.1. The lowest BCUT2D eigenvalue weighted by atomic mass is 9.66. The van der Waals surface area contributed by atoms with Crippen molar-refractivity contribution in [2.45, 2.75) is 43.2 Å². The highest BCUT2D eigenvalue weighted by Gasteiger charge is 2.54. The summed E-state index contributed by atoms with van der Waals surface area (Å²) >= 11 is 0. The van der Waals surface area contributed by atoms with Crippen LogP contribution in [-0.4, -0.2) is 41.4 Å². The molecule has 2 aliphatic rings. The molecule has 2 unspecified atom stereocenters. The van der Waals surface area contributed by atoms with Gasteiger partial charge in [-0.15, -0.1) is 0 Å². The number of hydrogen-bond acceptors (Lipinski definition) is 5. The van der Waals surface area contributed by atoms with Gasteiger partial charge < -0.3 is 21.1 Å². The van der Waals surface area contributed by atoms with Gasteiger partial charge in [0, 0.05) is 36.8 Å². The van der Waals surface area contributed by atoms with Gasteiger partial charge in [-0.25, -0.2) is 0 Å². The lowest BCUT2D eigenvalue weighted by Crippen LogP contribution is -2.59. The maximum atomic E-state index is 13.0. The van der Waals surface area contributed by atoms with E-state index in [2.05, 4.69) is 5.32 Å². The first-order chi connectivity index (χ1) is 14.8. The second-order valence-corrected chi connectivity index (χ2v) is 8.56. The molecule has 4 rings (SSSR count). The standard InChI is InChI=1S/C24H27N3O4/c1-27(15-8-3-2-4-9-15)22(29)20(28)14-24(25,23(30)31)21-16-10-5-6-12-18(16)26-19-13-7-11-17(19)21/h2-6,8-10,12,17,19,21,26H,7,11,13-14,25H2,1H3,(H,30,31)/t17-,19+,21?,24?/m0/s1. The Balaban J connectivity index is 1.66. The first-order valence-corrected chi connectivity index (χ1v) is 10.6. The minimum absolute atomic E-state index is 0.00856. The zero-order valence-corrected chi connectivity index (χ0v) is 17.5. The van der Waals surface area contributed by atoms with Crippen LogP contribution in [0.3, 0.4) is 0 Å². The van der Waals surface area contributed by atoms with Gasteiger partial charge in [-0.05, 0) is 42.5 Å². The number of carboxylic acids is 1. The summed E-state index contributed by atoms with van der Waals surface area (Å²) < 4.78 is 0. The average molecular weight is 421 g/mol. The van der Waals surface area contributed by atoms with Crippen LogP contribution in [0.2, 0.25) is 0 Å². The Morgan fingerprint density at radius 2 is 1.77 bits per heavy atom. The number of carbonyl (C=O) groups is 3. The number of aliphatic carboxylic acids is 1. The van der Waals surface area contributed by atoms with Crippen molar-refractivity contribution >= 4 is 29.0 Å². The van der Waals surface area contributed by atoms with Crippen LogP contribution in [0.25, 0.3) is 0 Å². The Morgan fingerprint density at radius 1 is 1.10 bits per heavy atom. The van der Waals surface area contributed by atoms with Gasteiger partial charge >= 0.3 is 5.97 Å². The highest BCUT2D eigenvalue weighted by molar-refractivity contribution is 6.41. The molecule has 1 amide bonds. The first-order valence-electron chi connectivity index (χ1n) is 10.6. The Labute approximate surface area is 181 Å². The lowest BCUT2D eigenvalue weighted by Gasteiger charge is -2.44. The van der Waals surface area contributed by atoms with Crippen molar-refractivity contribution in [3.05, 3.63) is 60.2 Å². The van der Waals surface area contributed by atoms with E-state index >= 15 is 0 Å². The minimum atomic E-state index is -1.88. The molecular weight excluding hydrogens is 394 g/mol. The van der Waals surface area contributed by atoms with Crippen molar-refractivity contribution in [3.8, 4) is 0 Å². The van der Waals surface area contributed by atoms with E-state index in [1.165, 1.54) is 11.9 Å². The van der Waals surface area contributed by atoms with Crippen molar-refractivity contribution in [2.75, 3.05) is 17.3 Å². The Bertz CT molecular complexity index is 1010. The fourth-order valence-corrected chi connectivity index (χ4v) is 5.17. The van der Waals surface area contributed by atoms with E-state index in [-0.39, 0.29) is 12.0 Å². The van der Waals surface area contributed by atoms with E-state index < -0.39 is 35.5 Å². The molecule has 1 heterocycles. The zero-order valence-electron chi connectivity index (χ0n) is 17.5. The molecule has 0 saturated heterocycles. The number of carboxylic acid groups (broad SMARTS) is 1. The van der Waals surface area contributed by atoms with Gasteiger partial charge in [-0.3, -0.25) is 14.4 Å². The molecule has 0 radical (unpaired) electrons. The number of fused-ring (bicyclic) bond motifs is 2. The predicted octanol–water partition coefficient (Wildman–Crippen LogP) is 2.77. The molecule has 1 aliphatic heterocycles. The van der Waals surface area contributed by atoms with Crippen LogP contribution < -0.4 is 16.0 Å². The van der Waals surface area contributed by atoms with E-state index in [0.29, 0.717) is 5.69 Å². The normalized spacial score (nSPS) is 23.6. The van der Waals surface area contributed by atoms with Gasteiger partial charge in [-0.1, -0.05) is 42.8 Å². The molecule has 1 saturated carbocycles. The van der Waals surface area contributed by atoms with Crippen molar-refractivity contribution in [1.29, 1.82) is 0 Å². The number of Topliss-reactive ketones (excluding diaryl/α,β-unsaturated/α-hetero) is 1. The summed E-state index contributed by atoms with van der Waals surface area (Å²) in [6.07, 6.45) is 2.16. The van der Waals surface area contributed by atoms with E-state index in [9.17, 15) is 19.5 Å². The molecule has 162 valence electrons. The maximum absolute atomic E-state index is 13.0. The fraction of sp³-hybridized carbons (Fsp3) is 0.375. The smallest absolute Gasteiger partial charge is 0.324 e. The fourth-order valence-electron chi connectivity index (χ4n) is 5.17. The Kier molecular flexibility index (Phi) is 5.54. The molecule has 31 heavy (non-hydrogen) atoms. The van der Waals surface area contributed by atoms with Gasteiger partial charge in [0.15, 0.2) is 0 Å². The number of anilines is 2. The van der Waals surface area contributed by atoms with Crippen LogP contribution in [-0.2, 0) is 14.4 Å². The van der Waals surface area contributed by atoms with Gasteiger partial charge in [0.1, 0.15) is 5.54 Å². The molecule has 7 nitrogen and oxygen atoms in total. The summed E-state index contributed by atoms with van der Waals surface area (Å²) in [7, 11) is 1.50. The number of nitrogens with zero attached hydrogens (tertiary/aromatic N) is 1.